The first-order valence-corrected chi connectivity index (χ1v) is 7.71. The smallest absolute Gasteiger partial charge is 0.279 e. The number of anilines is 1. The summed E-state index contributed by atoms with van der Waals surface area (Å²) in [5.74, 6) is -2.36. The predicted octanol–water partition coefficient (Wildman–Crippen LogP) is 4.44. The van der Waals surface area contributed by atoms with Crippen LogP contribution >= 0.6 is 11.6 Å². The lowest BCUT2D eigenvalue weighted by atomic mass is 10.2. The quantitative estimate of drug-likeness (QED) is 0.811. The molecular formula is C13H7ClF5NO2S. The minimum atomic E-state index is -4.90. The van der Waals surface area contributed by atoms with Gasteiger partial charge in [0.1, 0.15) is 16.5 Å². The molecule has 0 aromatic heterocycles. The van der Waals surface area contributed by atoms with Gasteiger partial charge in [-0.1, -0.05) is 11.6 Å². The summed E-state index contributed by atoms with van der Waals surface area (Å²) in [5.41, 5.74) is -2.21. The predicted molar refractivity (Wildman–Crippen MR) is 73.6 cm³/mol. The summed E-state index contributed by atoms with van der Waals surface area (Å²) in [4.78, 5) is -1.11. The van der Waals surface area contributed by atoms with Gasteiger partial charge in [-0.15, -0.1) is 0 Å². The van der Waals surface area contributed by atoms with E-state index in [1.165, 1.54) is 0 Å². The monoisotopic (exact) mass is 371 g/mol. The lowest BCUT2D eigenvalue weighted by Gasteiger charge is -2.15. The van der Waals surface area contributed by atoms with E-state index in [1.807, 2.05) is 0 Å². The van der Waals surface area contributed by atoms with Crippen molar-refractivity contribution < 1.29 is 30.4 Å². The van der Waals surface area contributed by atoms with Gasteiger partial charge in [-0.05, 0) is 36.4 Å². The molecular weight excluding hydrogens is 365 g/mol. The molecule has 0 aliphatic rings. The number of hydrogen-bond donors (Lipinski definition) is 1. The van der Waals surface area contributed by atoms with Gasteiger partial charge in [0.05, 0.1) is 11.3 Å². The summed E-state index contributed by atoms with van der Waals surface area (Å²) >= 11 is 5.47. The highest BCUT2D eigenvalue weighted by molar-refractivity contribution is 7.92. The van der Waals surface area contributed by atoms with Crippen molar-refractivity contribution in [3.05, 3.63) is 58.6 Å². The molecule has 10 heteroatoms. The van der Waals surface area contributed by atoms with Crippen molar-refractivity contribution >= 4 is 27.3 Å². The van der Waals surface area contributed by atoms with Crippen molar-refractivity contribution in [2.24, 2.45) is 0 Å². The van der Waals surface area contributed by atoms with Crippen LogP contribution in [0.3, 0.4) is 0 Å². The Morgan fingerprint density at radius 3 is 2.26 bits per heavy atom. The third-order valence-electron chi connectivity index (χ3n) is 2.71. The second-order valence-corrected chi connectivity index (χ2v) is 6.46. The van der Waals surface area contributed by atoms with Crippen LogP contribution in [0.2, 0.25) is 5.02 Å². The van der Waals surface area contributed by atoms with Crippen LogP contribution in [-0.2, 0) is 16.2 Å². The van der Waals surface area contributed by atoms with Crippen molar-refractivity contribution in [2.45, 2.75) is 11.1 Å². The molecule has 0 aliphatic heterocycles. The second-order valence-electron chi connectivity index (χ2n) is 4.37. The fourth-order valence-electron chi connectivity index (χ4n) is 1.72. The fourth-order valence-corrected chi connectivity index (χ4v) is 3.06. The Hall–Kier alpha value is -1.87. The minimum absolute atomic E-state index is 0.266. The van der Waals surface area contributed by atoms with Crippen LogP contribution in [-0.4, -0.2) is 8.42 Å². The van der Waals surface area contributed by atoms with E-state index in [2.05, 4.69) is 0 Å². The molecule has 0 unspecified atom stereocenters. The molecule has 23 heavy (non-hydrogen) atoms. The molecule has 0 saturated carbocycles. The second kappa shape index (κ2) is 5.97. The Bertz CT molecular complexity index is 852. The highest BCUT2D eigenvalue weighted by Gasteiger charge is 2.35. The van der Waals surface area contributed by atoms with Gasteiger partial charge < -0.3 is 0 Å². The van der Waals surface area contributed by atoms with Gasteiger partial charge in [-0.2, -0.15) is 13.2 Å². The van der Waals surface area contributed by atoms with Crippen LogP contribution in [0.5, 0.6) is 0 Å². The first-order valence-electron chi connectivity index (χ1n) is 5.85. The van der Waals surface area contributed by atoms with Crippen LogP contribution in [0.4, 0.5) is 27.6 Å². The number of hydrogen-bond acceptors (Lipinski definition) is 2. The lowest BCUT2D eigenvalue weighted by Crippen LogP contribution is -2.18. The summed E-state index contributed by atoms with van der Waals surface area (Å²) in [6, 6.07) is 3.91. The van der Waals surface area contributed by atoms with Gasteiger partial charge in [-0.25, -0.2) is 17.2 Å². The van der Waals surface area contributed by atoms with Crippen molar-refractivity contribution in [3.8, 4) is 0 Å². The van der Waals surface area contributed by atoms with E-state index in [1.54, 1.807) is 4.72 Å². The van der Waals surface area contributed by atoms with Crippen molar-refractivity contribution in [2.75, 3.05) is 4.72 Å². The molecule has 3 nitrogen and oxygen atoms in total. The Morgan fingerprint density at radius 2 is 1.65 bits per heavy atom. The SMILES string of the molecule is O=S(=O)(Nc1ccc(Cl)cc1C(F)(F)F)c1cc(F)ccc1F. The summed E-state index contributed by atoms with van der Waals surface area (Å²) in [6.45, 7) is 0. The van der Waals surface area contributed by atoms with E-state index in [4.69, 9.17) is 11.6 Å². The van der Waals surface area contributed by atoms with E-state index in [-0.39, 0.29) is 5.02 Å². The zero-order chi connectivity index (χ0) is 17.4. The van der Waals surface area contributed by atoms with Crippen molar-refractivity contribution in [3.63, 3.8) is 0 Å². The van der Waals surface area contributed by atoms with Gasteiger partial charge in [0.2, 0.25) is 0 Å². The largest absolute Gasteiger partial charge is 0.418 e. The molecule has 2 aromatic rings. The van der Waals surface area contributed by atoms with Gasteiger partial charge >= 0.3 is 6.18 Å². The van der Waals surface area contributed by atoms with E-state index in [0.29, 0.717) is 24.3 Å². The summed E-state index contributed by atoms with van der Waals surface area (Å²) in [6.07, 6.45) is -4.90. The van der Waals surface area contributed by atoms with Crippen LogP contribution in [0, 0.1) is 11.6 Å². The van der Waals surface area contributed by atoms with Gasteiger partial charge in [0.25, 0.3) is 10.0 Å². The standard InChI is InChI=1S/C13H7ClF5NO2S/c14-7-1-4-11(9(5-7)13(17,18)19)20-23(21,22)12-6-8(15)2-3-10(12)16/h1-6,20H. The average Bonchev–Trinajstić information content (AvgIpc) is 2.42. The van der Waals surface area contributed by atoms with Gasteiger partial charge in [-0.3, -0.25) is 4.72 Å². The van der Waals surface area contributed by atoms with E-state index in [0.717, 1.165) is 12.1 Å². The molecule has 0 atom stereocenters. The maximum atomic E-state index is 13.5. The fraction of sp³-hybridized carbons (Fsp3) is 0.0769. The number of rotatable bonds is 3. The molecule has 0 spiro atoms. The summed E-state index contributed by atoms with van der Waals surface area (Å²) in [7, 11) is -4.77. The number of nitrogens with one attached hydrogen (secondary N) is 1. The maximum Gasteiger partial charge on any atom is 0.418 e. The van der Waals surface area contributed by atoms with E-state index >= 15 is 0 Å². The van der Waals surface area contributed by atoms with Crippen molar-refractivity contribution in [1.82, 2.24) is 0 Å². The molecule has 0 fully saturated rings. The molecule has 1 N–H and O–H groups in total. The number of sulfonamides is 1. The first kappa shape index (κ1) is 17.5. The lowest BCUT2D eigenvalue weighted by molar-refractivity contribution is -0.136. The Labute approximate surface area is 132 Å². The van der Waals surface area contributed by atoms with Gasteiger partial charge in [0.15, 0.2) is 0 Å². The summed E-state index contributed by atoms with van der Waals surface area (Å²) < 4.78 is 91.0. The number of halogens is 6. The van der Waals surface area contributed by atoms with Gasteiger partial charge in [0, 0.05) is 5.02 Å². The zero-order valence-corrected chi connectivity index (χ0v) is 12.5. The normalized spacial score (nSPS) is 12.3. The van der Waals surface area contributed by atoms with Crippen molar-refractivity contribution in [1.29, 1.82) is 0 Å². The molecule has 0 radical (unpaired) electrons. The number of benzene rings is 2. The van der Waals surface area contributed by atoms with Crippen LogP contribution in [0.1, 0.15) is 5.56 Å². The molecule has 0 heterocycles. The zero-order valence-electron chi connectivity index (χ0n) is 11.0. The van der Waals surface area contributed by atoms with Crippen LogP contribution in [0.25, 0.3) is 0 Å². The highest BCUT2D eigenvalue weighted by Crippen LogP contribution is 2.37. The molecule has 0 aliphatic carbocycles. The Kier molecular flexibility index (Phi) is 4.54. The average molecular weight is 372 g/mol. The summed E-state index contributed by atoms with van der Waals surface area (Å²) in [5, 5.41) is -0.266. The van der Waals surface area contributed by atoms with Crippen LogP contribution in [0.15, 0.2) is 41.3 Å². The Morgan fingerprint density at radius 1 is 1.00 bits per heavy atom. The molecule has 124 valence electrons. The van der Waals surface area contributed by atoms with Crippen LogP contribution < -0.4 is 4.72 Å². The maximum absolute atomic E-state index is 13.5. The molecule has 2 aromatic carbocycles. The third-order valence-corrected chi connectivity index (χ3v) is 4.33. The molecule has 0 amide bonds. The molecule has 0 saturated heterocycles. The topological polar surface area (TPSA) is 46.2 Å². The molecule has 2 rings (SSSR count). The Balaban J connectivity index is 2.52. The third kappa shape index (κ3) is 3.91. The number of alkyl halides is 3. The molecule has 0 bridgehead atoms. The van der Waals surface area contributed by atoms with E-state index in [9.17, 15) is 30.4 Å². The first-order chi connectivity index (χ1) is 10.5. The minimum Gasteiger partial charge on any atom is -0.279 e. The van der Waals surface area contributed by atoms with E-state index < -0.39 is 44.0 Å². The highest BCUT2D eigenvalue weighted by atomic mass is 35.5.